The Morgan fingerprint density at radius 2 is 2.07 bits per heavy atom. The van der Waals surface area contributed by atoms with Crippen LogP contribution in [0.25, 0.3) is 27.5 Å². The SMILES string of the molecule is CC(C)(C)OC(=O)N1CC=C(c2nncc3c(-c4cn[nH]c4)cccc23)CC1. The van der Waals surface area contributed by atoms with Crippen molar-refractivity contribution < 1.29 is 9.53 Å². The van der Waals surface area contributed by atoms with Gasteiger partial charge in [-0.2, -0.15) is 15.3 Å². The Morgan fingerprint density at radius 1 is 1.21 bits per heavy atom. The van der Waals surface area contributed by atoms with Crippen molar-refractivity contribution in [3.8, 4) is 11.1 Å². The van der Waals surface area contributed by atoms with Crippen LogP contribution in [0.1, 0.15) is 32.9 Å². The van der Waals surface area contributed by atoms with E-state index in [1.165, 1.54) is 0 Å². The summed E-state index contributed by atoms with van der Waals surface area (Å²) in [6.45, 7) is 6.72. The second kappa shape index (κ2) is 7.07. The van der Waals surface area contributed by atoms with E-state index in [1.807, 2.05) is 39.1 Å². The summed E-state index contributed by atoms with van der Waals surface area (Å²) in [5, 5.41) is 17.6. The monoisotopic (exact) mass is 377 g/mol. The zero-order valence-corrected chi connectivity index (χ0v) is 16.3. The van der Waals surface area contributed by atoms with Crippen LogP contribution >= 0.6 is 0 Å². The molecule has 0 unspecified atom stereocenters. The van der Waals surface area contributed by atoms with Crippen molar-refractivity contribution in [3.05, 3.63) is 48.6 Å². The maximum absolute atomic E-state index is 12.3. The van der Waals surface area contributed by atoms with Crippen LogP contribution in [0.2, 0.25) is 0 Å². The summed E-state index contributed by atoms with van der Waals surface area (Å²) in [7, 11) is 0. The Hall–Kier alpha value is -3.22. The molecule has 7 nitrogen and oxygen atoms in total. The van der Waals surface area contributed by atoms with Crippen molar-refractivity contribution in [2.45, 2.75) is 32.8 Å². The van der Waals surface area contributed by atoms with Crippen molar-refractivity contribution in [1.29, 1.82) is 0 Å². The van der Waals surface area contributed by atoms with Crippen molar-refractivity contribution >= 4 is 22.4 Å². The number of carbonyl (C=O) groups excluding carboxylic acids is 1. The predicted octanol–water partition coefficient (Wildman–Crippen LogP) is 4.04. The van der Waals surface area contributed by atoms with E-state index >= 15 is 0 Å². The number of H-pyrrole nitrogens is 1. The van der Waals surface area contributed by atoms with Gasteiger partial charge < -0.3 is 9.64 Å². The molecule has 4 rings (SSSR count). The molecule has 1 aliphatic rings. The molecule has 1 amide bonds. The van der Waals surface area contributed by atoms with E-state index in [1.54, 1.807) is 17.3 Å². The number of fused-ring (bicyclic) bond motifs is 1. The van der Waals surface area contributed by atoms with Crippen LogP contribution in [0, 0.1) is 0 Å². The standard InChI is InChI=1S/C21H23N5O2/c1-21(2,3)28-20(27)26-9-7-14(8-10-26)19-17-6-4-5-16(15-11-22-23-12-15)18(17)13-24-25-19/h4-7,11-13H,8-10H2,1-3H3,(H,22,23). The van der Waals surface area contributed by atoms with Crippen LogP contribution < -0.4 is 0 Å². The van der Waals surface area contributed by atoms with Gasteiger partial charge in [0.25, 0.3) is 0 Å². The molecular weight excluding hydrogens is 354 g/mol. The second-order valence-electron chi connectivity index (χ2n) is 7.85. The lowest BCUT2D eigenvalue weighted by atomic mass is 9.96. The summed E-state index contributed by atoms with van der Waals surface area (Å²) in [6, 6.07) is 6.13. The highest BCUT2D eigenvalue weighted by Crippen LogP contribution is 2.32. The molecule has 0 saturated carbocycles. The van der Waals surface area contributed by atoms with Gasteiger partial charge in [-0.05, 0) is 38.3 Å². The third-order valence-corrected chi connectivity index (χ3v) is 4.68. The van der Waals surface area contributed by atoms with Crippen LogP contribution in [-0.4, -0.2) is 50.1 Å². The van der Waals surface area contributed by atoms with Gasteiger partial charge in [-0.1, -0.05) is 24.3 Å². The molecule has 3 aromatic rings. The highest BCUT2D eigenvalue weighted by molar-refractivity contribution is 6.00. The summed E-state index contributed by atoms with van der Waals surface area (Å²) < 4.78 is 5.47. The minimum absolute atomic E-state index is 0.283. The zero-order valence-electron chi connectivity index (χ0n) is 16.3. The lowest BCUT2D eigenvalue weighted by Crippen LogP contribution is -2.39. The summed E-state index contributed by atoms with van der Waals surface area (Å²) in [5.74, 6) is 0. The average Bonchev–Trinajstić information content (AvgIpc) is 3.20. The number of carbonyl (C=O) groups is 1. The van der Waals surface area contributed by atoms with Crippen molar-refractivity contribution in [1.82, 2.24) is 25.3 Å². The summed E-state index contributed by atoms with van der Waals surface area (Å²) >= 11 is 0. The Balaban J connectivity index is 1.64. The predicted molar refractivity (Wildman–Crippen MR) is 108 cm³/mol. The number of hydrogen-bond acceptors (Lipinski definition) is 5. The van der Waals surface area contributed by atoms with Crippen LogP contribution in [0.5, 0.6) is 0 Å². The van der Waals surface area contributed by atoms with Gasteiger partial charge in [-0.3, -0.25) is 5.10 Å². The summed E-state index contributed by atoms with van der Waals surface area (Å²) in [6.07, 6.45) is 7.93. The van der Waals surface area contributed by atoms with Gasteiger partial charge in [0.1, 0.15) is 5.60 Å². The minimum Gasteiger partial charge on any atom is -0.444 e. The molecule has 1 aromatic carbocycles. The number of nitrogens with one attached hydrogen (secondary N) is 1. The van der Waals surface area contributed by atoms with Crippen molar-refractivity contribution in [3.63, 3.8) is 0 Å². The third-order valence-electron chi connectivity index (χ3n) is 4.68. The van der Waals surface area contributed by atoms with Crippen molar-refractivity contribution in [2.24, 2.45) is 0 Å². The molecule has 0 aliphatic carbocycles. The number of aromatic nitrogens is 4. The summed E-state index contributed by atoms with van der Waals surface area (Å²) in [4.78, 5) is 14.0. The lowest BCUT2D eigenvalue weighted by Gasteiger charge is -2.29. The Morgan fingerprint density at radius 3 is 2.75 bits per heavy atom. The Kier molecular flexibility index (Phi) is 4.58. The average molecular weight is 377 g/mol. The molecule has 1 aliphatic heterocycles. The number of ether oxygens (including phenoxy) is 1. The first kappa shape index (κ1) is 18.2. The van der Waals surface area contributed by atoms with Crippen LogP contribution in [-0.2, 0) is 4.74 Å². The topological polar surface area (TPSA) is 84.0 Å². The molecular formula is C21H23N5O2. The van der Waals surface area contributed by atoms with E-state index in [4.69, 9.17) is 4.74 Å². The highest BCUT2D eigenvalue weighted by atomic mass is 16.6. The quantitative estimate of drug-likeness (QED) is 0.728. The van der Waals surface area contributed by atoms with Gasteiger partial charge in [0.2, 0.25) is 0 Å². The number of rotatable bonds is 2. The minimum atomic E-state index is -0.494. The fourth-order valence-electron chi connectivity index (χ4n) is 3.37. The Labute approximate surface area is 163 Å². The van der Waals surface area contributed by atoms with Gasteiger partial charge in [0.05, 0.1) is 18.1 Å². The number of aromatic amines is 1. The van der Waals surface area contributed by atoms with E-state index in [0.717, 1.165) is 33.2 Å². The number of amides is 1. The largest absolute Gasteiger partial charge is 0.444 e. The van der Waals surface area contributed by atoms with Crippen molar-refractivity contribution in [2.75, 3.05) is 13.1 Å². The molecule has 0 atom stereocenters. The van der Waals surface area contributed by atoms with E-state index in [0.29, 0.717) is 19.5 Å². The van der Waals surface area contributed by atoms with Gasteiger partial charge in [0, 0.05) is 35.6 Å². The smallest absolute Gasteiger partial charge is 0.410 e. The van der Waals surface area contributed by atoms with Gasteiger partial charge >= 0.3 is 6.09 Å². The van der Waals surface area contributed by atoms with Gasteiger partial charge in [0.15, 0.2) is 0 Å². The normalized spacial score (nSPS) is 14.8. The first-order valence-corrected chi connectivity index (χ1v) is 9.33. The first-order valence-electron chi connectivity index (χ1n) is 9.33. The maximum atomic E-state index is 12.3. The van der Waals surface area contributed by atoms with E-state index in [-0.39, 0.29) is 6.09 Å². The molecule has 1 N–H and O–H groups in total. The molecule has 0 saturated heterocycles. The number of nitrogens with zero attached hydrogens (tertiary/aromatic N) is 4. The van der Waals surface area contributed by atoms with E-state index in [9.17, 15) is 4.79 Å². The third kappa shape index (κ3) is 3.60. The van der Waals surface area contributed by atoms with Crippen LogP contribution in [0.4, 0.5) is 4.79 Å². The molecule has 2 aromatic heterocycles. The number of benzene rings is 1. The highest BCUT2D eigenvalue weighted by Gasteiger charge is 2.25. The first-order chi connectivity index (χ1) is 13.4. The number of hydrogen-bond donors (Lipinski definition) is 1. The molecule has 7 heteroatoms. The molecule has 0 fully saturated rings. The molecule has 28 heavy (non-hydrogen) atoms. The second-order valence-corrected chi connectivity index (χ2v) is 7.85. The molecule has 0 bridgehead atoms. The van der Waals surface area contributed by atoms with E-state index < -0.39 is 5.60 Å². The molecule has 3 heterocycles. The lowest BCUT2D eigenvalue weighted by molar-refractivity contribution is 0.0270. The molecule has 144 valence electrons. The molecule has 0 spiro atoms. The van der Waals surface area contributed by atoms with Gasteiger partial charge in [-0.15, -0.1) is 0 Å². The van der Waals surface area contributed by atoms with Crippen LogP contribution in [0.15, 0.2) is 42.9 Å². The van der Waals surface area contributed by atoms with E-state index in [2.05, 4.69) is 32.5 Å². The summed E-state index contributed by atoms with van der Waals surface area (Å²) in [5.41, 5.74) is 3.55. The maximum Gasteiger partial charge on any atom is 0.410 e. The fraction of sp³-hybridized carbons (Fsp3) is 0.333. The fourth-order valence-corrected chi connectivity index (χ4v) is 3.37. The zero-order chi connectivity index (χ0) is 19.7. The Bertz CT molecular complexity index is 1030. The van der Waals surface area contributed by atoms with Gasteiger partial charge in [-0.25, -0.2) is 4.79 Å². The van der Waals surface area contributed by atoms with Crippen LogP contribution in [0.3, 0.4) is 0 Å². The molecule has 0 radical (unpaired) electrons.